The van der Waals surface area contributed by atoms with Gasteiger partial charge in [-0.2, -0.15) is 5.06 Å². The lowest BCUT2D eigenvalue weighted by Crippen LogP contribution is -2.61. The van der Waals surface area contributed by atoms with Crippen LogP contribution in [-0.4, -0.2) is 73.2 Å². The summed E-state index contributed by atoms with van der Waals surface area (Å²) in [5.74, 6) is 1.22. The smallest absolute Gasteiger partial charge is 0.343 e. The Balaban J connectivity index is 1.62. The Bertz CT molecular complexity index is 1640. The van der Waals surface area contributed by atoms with Crippen molar-refractivity contribution < 1.29 is 24.0 Å². The van der Waals surface area contributed by atoms with Gasteiger partial charge in [-0.1, -0.05) is 61.9 Å². The average Bonchev–Trinajstić information content (AvgIpc) is 3.69. The number of carbonyl (C=O) groups is 2. The molecular weight excluding hydrogens is 550 g/mol. The van der Waals surface area contributed by atoms with Gasteiger partial charge in [-0.3, -0.25) is 9.63 Å². The standard InChI is InChI=1S/C31H33N7O5/c1-4-6-11-27-32-25-16-18-38(43-5-2)31(30(41)42-3,26(40)17-19-39)28(25)37(27)20-21-12-14-22(15-13-21)23-9-7-8-10-24(23)29-33-35-36-34-29/h7-10,12-15,17H,4-6,11,16,18,20H2,1-3H3,(H,33,34,35,36). The normalized spacial score (nSPS) is 16.3. The van der Waals surface area contributed by atoms with E-state index in [1.807, 2.05) is 53.1 Å². The van der Waals surface area contributed by atoms with E-state index in [1.54, 1.807) is 12.9 Å². The van der Waals surface area contributed by atoms with E-state index in [0.717, 1.165) is 47.0 Å². The van der Waals surface area contributed by atoms with Crippen LogP contribution in [0.5, 0.6) is 0 Å². The predicted molar refractivity (Wildman–Crippen MR) is 156 cm³/mol. The second-order valence-corrected chi connectivity index (χ2v) is 10.1. The van der Waals surface area contributed by atoms with Gasteiger partial charge in [0.05, 0.1) is 31.2 Å². The number of hydrogen-bond acceptors (Lipinski definition) is 10. The van der Waals surface area contributed by atoms with Crippen molar-refractivity contribution in [2.24, 2.45) is 0 Å². The van der Waals surface area contributed by atoms with E-state index < -0.39 is 17.3 Å². The van der Waals surface area contributed by atoms with Crippen molar-refractivity contribution in [3.8, 4) is 22.5 Å². The van der Waals surface area contributed by atoms with Crippen LogP contribution in [0.3, 0.4) is 0 Å². The fourth-order valence-electron chi connectivity index (χ4n) is 5.67. The van der Waals surface area contributed by atoms with Crippen LogP contribution in [0.1, 0.15) is 49.5 Å². The fraction of sp³-hybridized carbons (Fsp3) is 0.355. The second kappa shape index (κ2) is 13.0. The molecule has 0 fully saturated rings. The molecule has 0 spiro atoms. The number of ketones is 1. The van der Waals surface area contributed by atoms with Gasteiger partial charge in [0.2, 0.25) is 11.3 Å². The molecule has 4 aromatic rings. The number of tetrazole rings is 1. The zero-order valence-corrected chi connectivity index (χ0v) is 24.4. The van der Waals surface area contributed by atoms with Crippen molar-refractivity contribution in [1.29, 1.82) is 0 Å². The SMILES string of the molecule is CCCCc1nc2c(n1Cc1ccc(-c3ccccc3-c3nnn[nH]3)cc1)C(C(=O)C=C=O)(C(=O)OC)N(OCC)CC2. The van der Waals surface area contributed by atoms with E-state index in [2.05, 4.69) is 27.5 Å². The van der Waals surface area contributed by atoms with Crippen LogP contribution in [0.2, 0.25) is 0 Å². The van der Waals surface area contributed by atoms with Gasteiger partial charge in [0.25, 0.3) is 0 Å². The molecular formula is C31H33N7O5. The molecule has 12 heteroatoms. The minimum absolute atomic E-state index is 0.204. The number of ether oxygens (including phenoxy) is 1. The highest BCUT2D eigenvalue weighted by atomic mass is 16.7. The molecule has 0 saturated carbocycles. The summed E-state index contributed by atoms with van der Waals surface area (Å²) in [5, 5.41) is 15.6. The van der Waals surface area contributed by atoms with E-state index >= 15 is 0 Å². The van der Waals surface area contributed by atoms with Gasteiger partial charge in [0.15, 0.2) is 5.82 Å². The first-order valence-electron chi connectivity index (χ1n) is 14.2. The Hall–Kier alpha value is -4.77. The largest absolute Gasteiger partial charge is 0.467 e. The molecule has 3 heterocycles. The lowest BCUT2D eigenvalue weighted by atomic mass is 9.84. The first-order chi connectivity index (χ1) is 21.0. The number of hydrogen-bond donors (Lipinski definition) is 1. The number of aryl methyl sites for hydroxylation is 1. The summed E-state index contributed by atoms with van der Waals surface area (Å²) in [4.78, 5) is 49.6. The van der Waals surface area contributed by atoms with Gasteiger partial charge in [-0.25, -0.2) is 19.7 Å². The molecule has 1 atom stereocenters. The van der Waals surface area contributed by atoms with Crippen molar-refractivity contribution in [3.63, 3.8) is 0 Å². The van der Waals surface area contributed by atoms with Crippen molar-refractivity contribution in [2.45, 2.75) is 51.6 Å². The van der Waals surface area contributed by atoms with E-state index in [0.29, 0.717) is 36.6 Å². The molecule has 1 aliphatic heterocycles. The van der Waals surface area contributed by atoms with Gasteiger partial charge in [0, 0.05) is 31.5 Å². The molecule has 12 nitrogen and oxygen atoms in total. The highest BCUT2D eigenvalue weighted by Gasteiger charge is 2.59. The second-order valence-electron chi connectivity index (χ2n) is 10.1. The van der Waals surface area contributed by atoms with Crippen LogP contribution in [-0.2, 0) is 48.9 Å². The van der Waals surface area contributed by atoms with Crippen LogP contribution in [0.15, 0.2) is 54.6 Å². The van der Waals surface area contributed by atoms with E-state index in [-0.39, 0.29) is 13.2 Å². The number of rotatable bonds is 12. The number of methoxy groups -OCH3 is 1. The number of benzene rings is 2. The first kappa shape index (κ1) is 29.7. The van der Waals surface area contributed by atoms with Crippen molar-refractivity contribution >= 4 is 17.7 Å². The number of aromatic amines is 1. The van der Waals surface area contributed by atoms with Crippen molar-refractivity contribution in [2.75, 3.05) is 20.3 Å². The molecule has 222 valence electrons. The number of aromatic nitrogens is 6. The van der Waals surface area contributed by atoms with E-state index in [1.165, 1.54) is 12.2 Å². The lowest BCUT2D eigenvalue weighted by molar-refractivity contribution is -0.232. The summed E-state index contributed by atoms with van der Waals surface area (Å²) >= 11 is 0. The summed E-state index contributed by atoms with van der Waals surface area (Å²) in [6, 6.07) is 15.8. The Morgan fingerprint density at radius 3 is 2.53 bits per heavy atom. The van der Waals surface area contributed by atoms with Gasteiger partial charge in [0.1, 0.15) is 11.8 Å². The quantitative estimate of drug-likeness (QED) is 0.114. The monoisotopic (exact) mass is 583 g/mol. The zero-order valence-electron chi connectivity index (χ0n) is 24.4. The molecule has 2 aromatic carbocycles. The maximum Gasteiger partial charge on any atom is 0.343 e. The van der Waals surface area contributed by atoms with Crippen LogP contribution >= 0.6 is 0 Å². The third kappa shape index (κ3) is 5.43. The number of hydroxylamine groups is 2. The molecule has 1 N–H and O–H groups in total. The zero-order chi connectivity index (χ0) is 30.4. The van der Waals surface area contributed by atoms with Gasteiger partial charge >= 0.3 is 5.97 Å². The Labute approximate surface area is 248 Å². The predicted octanol–water partition coefficient (Wildman–Crippen LogP) is 3.26. The summed E-state index contributed by atoms with van der Waals surface area (Å²) in [6.45, 7) is 4.60. The van der Waals surface area contributed by atoms with Crippen molar-refractivity contribution in [1.82, 2.24) is 35.2 Å². The minimum atomic E-state index is -2.04. The Kier molecular flexibility index (Phi) is 9.01. The van der Waals surface area contributed by atoms with E-state index in [4.69, 9.17) is 14.6 Å². The molecule has 1 unspecified atom stereocenters. The fourth-order valence-corrected chi connectivity index (χ4v) is 5.67. The average molecular weight is 584 g/mol. The molecule has 0 bridgehead atoms. The molecule has 0 radical (unpaired) electrons. The maximum absolute atomic E-state index is 13.7. The van der Waals surface area contributed by atoms with Crippen molar-refractivity contribution in [3.05, 3.63) is 77.4 Å². The maximum atomic E-state index is 13.7. The molecule has 2 aromatic heterocycles. The summed E-state index contributed by atoms with van der Waals surface area (Å²) in [7, 11) is 1.21. The number of H-pyrrole nitrogens is 1. The first-order valence-corrected chi connectivity index (χ1v) is 14.2. The van der Waals surface area contributed by atoms with Crippen LogP contribution in [0, 0.1) is 0 Å². The number of nitrogens with one attached hydrogen (secondary N) is 1. The molecule has 43 heavy (non-hydrogen) atoms. The number of nitrogens with zero attached hydrogens (tertiary/aromatic N) is 6. The van der Waals surface area contributed by atoms with Gasteiger partial charge < -0.3 is 9.30 Å². The van der Waals surface area contributed by atoms with Crippen LogP contribution < -0.4 is 0 Å². The van der Waals surface area contributed by atoms with E-state index in [9.17, 15) is 14.4 Å². The molecule has 5 rings (SSSR count). The number of esters is 1. The molecule has 0 aliphatic carbocycles. The van der Waals surface area contributed by atoms with Gasteiger partial charge in [-0.15, -0.1) is 5.10 Å². The highest BCUT2D eigenvalue weighted by molar-refractivity contribution is 6.16. The van der Waals surface area contributed by atoms with Crippen LogP contribution in [0.4, 0.5) is 0 Å². The van der Waals surface area contributed by atoms with Gasteiger partial charge in [-0.05, 0) is 40.5 Å². The third-order valence-corrected chi connectivity index (χ3v) is 7.59. The summed E-state index contributed by atoms with van der Waals surface area (Å²) < 4.78 is 7.12. The number of carbonyl (C=O) groups excluding carboxylic acids is 3. The topological polar surface area (TPSA) is 145 Å². The number of unbranched alkanes of at least 4 members (excludes halogenated alkanes) is 1. The molecule has 1 aliphatic rings. The number of fused-ring (bicyclic) bond motifs is 1. The van der Waals surface area contributed by atoms with Crippen LogP contribution in [0.25, 0.3) is 22.5 Å². The summed E-state index contributed by atoms with van der Waals surface area (Å²) in [5.41, 5.74) is 2.63. The molecule has 0 amide bonds. The number of imidazole rings is 1. The highest BCUT2D eigenvalue weighted by Crippen LogP contribution is 2.40. The Morgan fingerprint density at radius 2 is 1.88 bits per heavy atom. The summed E-state index contributed by atoms with van der Waals surface area (Å²) in [6.07, 6.45) is 3.63. The minimum Gasteiger partial charge on any atom is -0.467 e. The Morgan fingerprint density at radius 1 is 1.12 bits per heavy atom. The third-order valence-electron chi connectivity index (χ3n) is 7.59. The molecule has 0 saturated heterocycles. The lowest BCUT2D eigenvalue weighted by Gasteiger charge is -2.41.